The van der Waals surface area contributed by atoms with Gasteiger partial charge in [0, 0.05) is 26.5 Å². The van der Waals surface area contributed by atoms with Crippen molar-refractivity contribution < 1.29 is 42.8 Å². The summed E-state index contributed by atoms with van der Waals surface area (Å²) in [6, 6.07) is 7.29. The molecule has 2 saturated heterocycles. The molecule has 0 radical (unpaired) electrons. The number of nitrogen functional groups attached to an aromatic ring is 1. The molecule has 7 atom stereocenters. The van der Waals surface area contributed by atoms with Crippen LogP contribution in [-0.4, -0.2) is 72.9 Å². The number of ether oxygens (including phenoxy) is 4. The van der Waals surface area contributed by atoms with E-state index in [0.29, 0.717) is 17.1 Å². The van der Waals surface area contributed by atoms with E-state index in [9.17, 15) is 23.9 Å². The zero-order valence-electron chi connectivity index (χ0n) is 28.4. The van der Waals surface area contributed by atoms with Gasteiger partial charge in [-0.25, -0.2) is 9.18 Å². The maximum atomic E-state index is 13.9. The highest BCUT2D eigenvalue weighted by Gasteiger charge is 2.64. The van der Waals surface area contributed by atoms with Crippen LogP contribution in [0.1, 0.15) is 51.2 Å². The van der Waals surface area contributed by atoms with Crippen molar-refractivity contribution in [1.29, 1.82) is 0 Å². The van der Waals surface area contributed by atoms with Crippen molar-refractivity contribution in [2.45, 2.75) is 89.0 Å². The minimum atomic E-state index is -1.57. The van der Waals surface area contributed by atoms with Gasteiger partial charge in [-0.15, -0.1) is 0 Å². The Morgan fingerprint density at radius 1 is 1.22 bits per heavy atom. The molecular weight excluding hydrogens is 657 g/mol. The molecule has 0 unspecified atom stereocenters. The third-order valence-electron chi connectivity index (χ3n) is 9.70. The van der Waals surface area contributed by atoms with E-state index in [1.54, 1.807) is 26.1 Å². The molecule has 49 heavy (non-hydrogen) atoms. The van der Waals surface area contributed by atoms with Crippen molar-refractivity contribution in [2.24, 2.45) is 5.92 Å². The predicted molar refractivity (Wildman–Crippen MR) is 183 cm³/mol. The number of epoxide rings is 1. The van der Waals surface area contributed by atoms with E-state index in [1.807, 2.05) is 39.0 Å². The summed E-state index contributed by atoms with van der Waals surface area (Å²) in [6.45, 7) is 7.33. The standard InChI is InChI=1S/C36H43ClFN3O8/c1-19-8-7-9-28(46-6)36(45)17-27(47-31(43)18-36)21(3)33-35(4,49-33)29(48-34(44)40-25-11-10-23(38)15-24(25)39)16-30(42)41(5)26-14-22(12-19)13-20(2)32(26)37/h7-11,13-15,21,27-29,33,45H,12,16-18,39H2,1-6H3,(H,40,44)/b9-7+,19-8+/t21-,27+,28-,29+,33+,35+,36-/m1/s1. The molecule has 0 aromatic heterocycles. The third kappa shape index (κ3) is 7.77. The number of rotatable bonds is 3. The molecule has 4 bridgehead atoms. The van der Waals surface area contributed by atoms with Crippen molar-refractivity contribution in [2.75, 3.05) is 30.1 Å². The number of methoxy groups -OCH3 is 1. The summed E-state index contributed by atoms with van der Waals surface area (Å²) in [7, 11) is 3.07. The van der Waals surface area contributed by atoms with Crippen molar-refractivity contribution in [3.8, 4) is 0 Å². The largest absolute Gasteiger partial charge is 0.462 e. The lowest BCUT2D eigenvalue weighted by Crippen LogP contribution is -2.53. The number of nitrogens with two attached hydrogens (primary N) is 1. The second-order valence-electron chi connectivity index (χ2n) is 13.5. The molecule has 11 nitrogen and oxygen atoms in total. The number of hydrogen-bond acceptors (Lipinski definition) is 9. The Morgan fingerprint density at radius 2 is 1.96 bits per heavy atom. The molecule has 4 N–H and O–H groups in total. The first-order valence-corrected chi connectivity index (χ1v) is 16.5. The van der Waals surface area contributed by atoms with Crippen molar-refractivity contribution in [3.63, 3.8) is 0 Å². The maximum absolute atomic E-state index is 13.9. The van der Waals surface area contributed by atoms with E-state index in [0.717, 1.165) is 28.8 Å². The number of halogens is 2. The van der Waals surface area contributed by atoms with Gasteiger partial charge in [-0.1, -0.05) is 48.4 Å². The highest BCUT2D eigenvalue weighted by molar-refractivity contribution is 6.34. The molecule has 0 aliphatic carbocycles. The summed E-state index contributed by atoms with van der Waals surface area (Å²) in [5.74, 6) is -2.06. The summed E-state index contributed by atoms with van der Waals surface area (Å²) in [5.41, 5.74) is 6.38. The van der Waals surface area contributed by atoms with Crippen LogP contribution in [0.15, 0.2) is 54.1 Å². The van der Waals surface area contributed by atoms with Crippen LogP contribution in [0.25, 0.3) is 0 Å². The number of aryl methyl sites for hydroxylation is 1. The smallest absolute Gasteiger partial charge is 0.412 e. The quantitative estimate of drug-likeness (QED) is 0.210. The molecular formula is C36H43ClFN3O8. The topological polar surface area (TPSA) is 153 Å². The van der Waals surface area contributed by atoms with Gasteiger partial charge in [0.25, 0.3) is 0 Å². The Morgan fingerprint density at radius 3 is 2.65 bits per heavy atom. The molecule has 3 aliphatic rings. The summed E-state index contributed by atoms with van der Waals surface area (Å²) in [6.07, 6.45) is 1.13. The van der Waals surface area contributed by atoms with Crippen LogP contribution in [0.5, 0.6) is 0 Å². The highest BCUT2D eigenvalue weighted by Crippen LogP contribution is 2.49. The fourth-order valence-corrected chi connectivity index (χ4v) is 7.05. The normalized spacial score (nSPS) is 32.3. The zero-order valence-corrected chi connectivity index (χ0v) is 29.2. The van der Waals surface area contributed by atoms with Gasteiger partial charge in [0.1, 0.15) is 35.3 Å². The number of nitrogens with one attached hydrogen (secondary N) is 1. The van der Waals surface area contributed by atoms with E-state index >= 15 is 0 Å². The second-order valence-corrected chi connectivity index (χ2v) is 13.9. The van der Waals surface area contributed by atoms with E-state index in [4.69, 9.17) is 36.3 Å². The number of anilines is 3. The van der Waals surface area contributed by atoms with Crippen LogP contribution in [0.2, 0.25) is 5.02 Å². The molecule has 2 fully saturated rings. The predicted octanol–water partition coefficient (Wildman–Crippen LogP) is 5.64. The molecule has 3 heterocycles. The van der Waals surface area contributed by atoms with Gasteiger partial charge >= 0.3 is 12.1 Å². The molecule has 2 amide bonds. The van der Waals surface area contributed by atoms with Gasteiger partial charge in [0.05, 0.1) is 41.0 Å². The maximum Gasteiger partial charge on any atom is 0.412 e. The number of fused-ring (bicyclic) bond motifs is 5. The highest BCUT2D eigenvalue weighted by atomic mass is 35.5. The Kier molecular flexibility index (Phi) is 10.5. The van der Waals surface area contributed by atoms with Gasteiger partial charge in [0.2, 0.25) is 5.91 Å². The molecule has 3 aliphatic heterocycles. The number of allylic oxidation sites excluding steroid dienone is 3. The van der Waals surface area contributed by atoms with Crippen LogP contribution in [-0.2, 0) is 35.0 Å². The average Bonchev–Trinajstić information content (AvgIpc) is 3.72. The van der Waals surface area contributed by atoms with Crippen molar-refractivity contribution >= 4 is 46.6 Å². The van der Waals surface area contributed by atoms with E-state index in [2.05, 4.69) is 5.32 Å². The van der Waals surface area contributed by atoms with Gasteiger partial charge in [0.15, 0.2) is 0 Å². The minimum Gasteiger partial charge on any atom is -0.462 e. The Hall–Kier alpha value is -3.97. The molecule has 5 rings (SSSR count). The van der Waals surface area contributed by atoms with Crippen LogP contribution >= 0.6 is 11.6 Å². The first kappa shape index (κ1) is 36.3. The van der Waals surface area contributed by atoms with Crippen LogP contribution in [0, 0.1) is 18.7 Å². The van der Waals surface area contributed by atoms with E-state index in [-0.39, 0.29) is 30.6 Å². The number of benzene rings is 2. The third-order valence-corrected chi connectivity index (χ3v) is 10.2. The zero-order chi connectivity index (χ0) is 35.8. The fraction of sp³-hybridized carbons (Fsp3) is 0.472. The minimum absolute atomic E-state index is 0.0144. The van der Waals surface area contributed by atoms with Crippen LogP contribution in [0.4, 0.5) is 26.2 Å². The first-order chi connectivity index (χ1) is 23.0. The van der Waals surface area contributed by atoms with Crippen LogP contribution < -0.4 is 16.0 Å². The molecule has 2 aromatic carbocycles. The molecule has 0 saturated carbocycles. The van der Waals surface area contributed by atoms with Crippen LogP contribution in [0.3, 0.4) is 0 Å². The molecule has 13 heteroatoms. The molecule has 0 spiro atoms. The summed E-state index contributed by atoms with van der Waals surface area (Å²) in [4.78, 5) is 41.5. The Bertz CT molecular complexity index is 1700. The van der Waals surface area contributed by atoms with E-state index < -0.39 is 65.3 Å². The van der Waals surface area contributed by atoms with Gasteiger partial charge in [-0.05, 0) is 62.6 Å². The van der Waals surface area contributed by atoms with Crippen molar-refractivity contribution in [1.82, 2.24) is 0 Å². The Labute approximate surface area is 290 Å². The summed E-state index contributed by atoms with van der Waals surface area (Å²) >= 11 is 6.72. The number of carbonyl (C=O) groups excluding carboxylic acids is 3. The number of esters is 1. The lowest BCUT2D eigenvalue weighted by atomic mass is 9.78. The second kappa shape index (κ2) is 14.1. The summed E-state index contributed by atoms with van der Waals surface area (Å²) < 4.78 is 37.1. The number of amides is 2. The number of carbonyl (C=O) groups is 3. The monoisotopic (exact) mass is 699 g/mol. The van der Waals surface area contributed by atoms with Gasteiger partial charge < -0.3 is 34.7 Å². The number of hydrogen-bond donors (Lipinski definition) is 3. The molecule has 2 aromatic rings. The number of nitrogens with zero attached hydrogens (tertiary/aromatic N) is 1. The molecule has 264 valence electrons. The number of aliphatic hydroxyl groups is 1. The lowest BCUT2D eigenvalue weighted by molar-refractivity contribution is -0.187. The lowest BCUT2D eigenvalue weighted by Gasteiger charge is -2.41. The fourth-order valence-electron chi connectivity index (χ4n) is 6.81. The Balaban J connectivity index is 1.53. The van der Waals surface area contributed by atoms with Crippen molar-refractivity contribution in [3.05, 3.63) is 76.1 Å². The van der Waals surface area contributed by atoms with Gasteiger partial charge in [-0.3, -0.25) is 14.9 Å². The SMILES string of the molecule is CO[C@@H]1/C=C/C=C(\C)Cc2cc(C)c(Cl)c(c2)N(C)C(=O)C[C@H](OC(=O)Nc2ccc(F)cc2N)[C@]2(C)O[C@H]2[C@H](C)[C@@H]2C[C@@]1(O)CC(=O)O2. The average molecular weight is 700 g/mol. The summed E-state index contributed by atoms with van der Waals surface area (Å²) in [5, 5.41) is 14.7. The van der Waals surface area contributed by atoms with E-state index in [1.165, 1.54) is 18.1 Å². The first-order valence-electron chi connectivity index (χ1n) is 16.1. The van der Waals surface area contributed by atoms with Gasteiger partial charge in [-0.2, -0.15) is 0 Å².